The Kier molecular flexibility index (Phi) is 4.49. The van der Waals surface area contributed by atoms with Crippen molar-refractivity contribution >= 4 is 43.5 Å². The largest absolute Gasteiger partial charge is 0.319 e. The summed E-state index contributed by atoms with van der Waals surface area (Å²) in [5, 5.41) is 2.22. The van der Waals surface area contributed by atoms with Gasteiger partial charge in [-0.05, 0) is 56.1 Å². The van der Waals surface area contributed by atoms with Crippen LogP contribution in [0.3, 0.4) is 0 Å². The lowest BCUT2D eigenvalue weighted by Crippen LogP contribution is -2.13. The highest BCUT2D eigenvalue weighted by molar-refractivity contribution is 9.10. The van der Waals surface area contributed by atoms with E-state index in [1.54, 1.807) is 0 Å². The lowest BCUT2D eigenvalue weighted by molar-refractivity contribution is 0.102. The first kappa shape index (κ1) is 15.1. The minimum Gasteiger partial charge on any atom is -0.319 e. The molecule has 1 amide bonds. The first-order valence-corrected chi connectivity index (χ1v) is 6.88. The van der Waals surface area contributed by atoms with Crippen LogP contribution in [-0.4, -0.2) is 5.91 Å². The summed E-state index contributed by atoms with van der Waals surface area (Å²) in [7, 11) is 0. The van der Waals surface area contributed by atoms with Gasteiger partial charge in [0.15, 0.2) is 0 Å². The van der Waals surface area contributed by atoms with E-state index >= 15 is 0 Å². The van der Waals surface area contributed by atoms with Crippen molar-refractivity contribution in [2.45, 2.75) is 0 Å². The zero-order valence-corrected chi connectivity index (χ0v) is 12.9. The number of hydrogen-bond acceptors (Lipinski definition) is 1. The summed E-state index contributed by atoms with van der Waals surface area (Å²) < 4.78 is 40.0. The topological polar surface area (TPSA) is 29.1 Å². The summed E-state index contributed by atoms with van der Waals surface area (Å²) >= 11 is 5.77. The number of carbonyl (C=O) groups is 1. The van der Waals surface area contributed by atoms with Crippen LogP contribution in [0.5, 0.6) is 0 Å². The van der Waals surface area contributed by atoms with Crippen molar-refractivity contribution in [3.05, 3.63) is 62.3 Å². The van der Waals surface area contributed by atoms with Gasteiger partial charge in [-0.25, -0.2) is 13.2 Å². The van der Waals surface area contributed by atoms with Gasteiger partial charge in [-0.2, -0.15) is 0 Å². The minimum atomic E-state index is -0.784. The second-order valence-corrected chi connectivity index (χ2v) is 5.54. The second-order valence-electron chi connectivity index (χ2n) is 3.83. The van der Waals surface area contributed by atoms with Gasteiger partial charge in [-0.3, -0.25) is 4.79 Å². The zero-order chi connectivity index (χ0) is 14.9. The molecule has 2 rings (SSSR count). The minimum absolute atomic E-state index is 0.0440. The van der Waals surface area contributed by atoms with Crippen LogP contribution in [0.25, 0.3) is 0 Å². The van der Waals surface area contributed by atoms with E-state index in [9.17, 15) is 18.0 Å². The standard InChI is InChI=1S/C13H6Br2F3NO/c14-7-3-6(1-2-9(7)16)13(20)19-12-5-10(17)8(15)4-11(12)18/h1-5H,(H,19,20). The first-order valence-electron chi connectivity index (χ1n) is 5.29. The molecule has 0 unspecified atom stereocenters. The van der Waals surface area contributed by atoms with Crippen LogP contribution >= 0.6 is 31.9 Å². The molecule has 0 aliphatic carbocycles. The number of rotatable bonds is 2. The fourth-order valence-corrected chi connectivity index (χ4v) is 2.14. The molecule has 2 nitrogen and oxygen atoms in total. The first-order chi connectivity index (χ1) is 9.38. The van der Waals surface area contributed by atoms with Gasteiger partial charge in [0.05, 0.1) is 14.6 Å². The van der Waals surface area contributed by atoms with Gasteiger partial charge in [0.25, 0.3) is 5.91 Å². The van der Waals surface area contributed by atoms with Crippen LogP contribution in [0.1, 0.15) is 10.4 Å². The van der Waals surface area contributed by atoms with Gasteiger partial charge < -0.3 is 5.32 Å². The molecule has 0 aliphatic heterocycles. The number of amides is 1. The van der Waals surface area contributed by atoms with Crippen molar-refractivity contribution in [2.75, 3.05) is 5.32 Å². The second kappa shape index (κ2) is 5.97. The Hall–Kier alpha value is -1.34. The summed E-state index contributed by atoms with van der Waals surface area (Å²) in [5.74, 6) is -2.69. The highest BCUT2D eigenvalue weighted by atomic mass is 79.9. The van der Waals surface area contributed by atoms with E-state index in [-0.39, 0.29) is 20.2 Å². The highest BCUT2D eigenvalue weighted by Gasteiger charge is 2.13. The monoisotopic (exact) mass is 407 g/mol. The quantitative estimate of drug-likeness (QED) is 0.705. The molecule has 0 saturated heterocycles. The van der Waals surface area contributed by atoms with Crippen molar-refractivity contribution < 1.29 is 18.0 Å². The third kappa shape index (κ3) is 3.21. The molecule has 0 atom stereocenters. The average molecular weight is 409 g/mol. The molecule has 2 aromatic carbocycles. The van der Waals surface area contributed by atoms with Crippen molar-refractivity contribution in [2.24, 2.45) is 0 Å². The van der Waals surface area contributed by atoms with Crippen LogP contribution in [0, 0.1) is 17.5 Å². The van der Waals surface area contributed by atoms with Crippen LogP contribution in [-0.2, 0) is 0 Å². The lowest BCUT2D eigenvalue weighted by atomic mass is 10.2. The molecule has 0 fully saturated rings. The van der Waals surface area contributed by atoms with Crippen LogP contribution in [0.4, 0.5) is 18.9 Å². The third-order valence-corrected chi connectivity index (χ3v) is 3.66. The van der Waals surface area contributed by atoms with E-state index in [2.05, 4.69) is 37.2 Å². The zero-order valence-electron chi connectivity index (χ0n) is 9.68. The maximum absolute atomic E-state index is 13.6. The van der Waals surface area contributed by atoms with E-state index < -0.39 is 23.4 Å². The van der Waals surface area contributed by atoms with Crippen molar-refractivity contribution in [1.29, 1.82) is 0 Å². The smallest absolute Gasteiger partial charge is 0.255 e. The van der Waals surface area contributed by atoms with Gasteiger partial charge in [-0.1, -0.05) is 0 Å². The summed E-state index contributed by atoms with van der Waals surface area (Å²) in [6.45, 7) is 0. The van der Waals surface area contributed by atoms with Crippen molar-refractivity contribution in [1.82, 2.24) is 0 Å². The SMILES string of the molecule is O=C(Nc1cc(F)c(Br)cc1F)c1ccc(F)c(Br)c1. The molecule has 0 saturated carbocycles. The Morgan fingerprint density at radius 3 is 2.20 bits per heavy atom. The number of halogens is 5. The van der Waals surface area contributed by atoms with Gasteiger partial charge in [0.1, 0.15) is 17.5 Å². The van der Waals surface area contributed by atoms with Gasteiger partial charge >= 0.3 is 0 Å². The van der Waals surface area contributed by atoms with Gasteiger partial charge in [0, 0.05) is 11.6 Å². The maximum atomic E-state index is 13.6. The molecule has 20 heavy (non-hydrogen) atoms. The van der Waals surface area contributed by atoms with E-state index in [4.69, 9.17) is 0 Å². The predicted octanol–water partition coefficient (Wildman–Crippen LogP) is 4.88. The van der Waals surface area contributed by atoms with Crippen LogP contribution in [0.15, 0.2) is 39.3 Å². The molecule has 0 heterocycles. The fourth-order valence-electron chi connectivity index (χ4n) is 1.45. The Labute approximate surface area is 129 Å². The third-order valence-electron chi connectivity index (χ3n) is 2.44. The Balaban J connectivity index is 2.27. The number of anilines is 1. The van der Waals surface area contributed by atoms with E-state index in [0.717, 1.165) is 18.2 Å². The Bertz CT molecular complexity index is 692. The molecule has 0 spiro atoms. The molecule has 0 bridgehead atoms. The summed E-state index contributed by atoms with van der Waals surface area (Å²) in [5.41, 5.74) is -0.183. The Morgan fingerprint density at radius 2 is 1.55 bits per heavy atom. The van der Waals surface area contributed by atoms with E-state index in [0.29, 0.717) is 0 Å². The maximum Gasteiger partial charge on any atom is 0.255 e. The molecule has 1 N–H and O–H groups in total. The molecule has 2 aromatic rings. The highest BCUT2D eigenvalue weighted by Crippen LogP contribution is 2.24. The van der Waals surface area contributed by atoms with Gasteiger partial charge in [-0.15, -0.1) is 0 Å². The van der Waals surface area contributed by atoms with Gasteiger partial charge in [0.2, 0.25) is 0 Å². The van der Waals surface area contributed by atoms with Crippen LogP contribution in [0.2, 0.25) is 0 Å². The number of carbonyl (C=O) groups excluding carboxylic acids is 1. The van der Waals surface area contributed by atoms with Crippen molar-refractivity contribution in [3.8, 4) is 0 Å². The number of nitrogens with one attached hydrogen (secondary N) is 1. The molecule has 0 aromatic heterocycles. The molecule has 0 radical (unpaired) electrons. The number of benzene rings is 2. The normalized spacial score (nSPS) is 10.4. The summed E-state index contributed by atoms with van der Waals surface area (Å²) in [6.07, 6.45) is 0. The molecular weight excluding hydrogens is 403 g/mol. The molecule has 104 valence electrons. The fraction of sp³-hybridized carbons (Fsp3) is 0. The average Bonchev–Trinajstić information content (AvgIpc) is 2.39. The molecular formula is C13H6Br2F3NO. The Morgan fingerprint density at radius 1 is 0.900 bits per heavy atom. The number of hydrogen-bond donors (Lipinski definition) is 1. The van der Waals surface area contributed by atoms with Crippen molar-refractivity contribution in [3.63, 3.8) is 0 Å². The molecule has 7 heteroatoms. The predicted molar refractivity (Wildman–Crippen MR) is 76.1 cm³/mol. The van der Waals surface area contributed by atoms with E-state index in [1.807, 2.05) is 0 Å². The molecule has 0 aliphatic rings. The van der Waals surface area contributed by atoms with Crippen LogP contribution < -0.4 is 5.32 Å². The summed E-state index contributed by atoms with van der Waals surface area (Å²) in [4.78, 5) is 11.9. The summed E-state index contributed by atoms with van der Waals surface area (Å²) in [6, 6.07) is 5.35. The van der Waals surface area contributed by atoms with E-state index in [1.165, 1.54) is 12.1 Å². The lowest BCUT2D eigenvalue weighted by Gasteiger charge is -2.08.